The molecule has 2 aromatic carbocycles. The molecule has 2 heterocycles. The molecule has 0 aliphatic carbocycles. The van der Waals surface area contributed by atoms with E-state index in [-0.39, 0.29) is 5.91 Å². The highest BCUT2D eigenvalue weighted by molar-refractivity contribution is 9.10. The maximum absolute atomic E-state index is 13.4. The molecule has 1 aliphatic rings. The van der Waals surface area contributed by atoms with Gasteiger partial charge in [0, 0.05) is 21.4 Å². The highest BCUT2D eigenvalue weighted by Crippen LogP contribution is 2.40. The highest BCUT2D eigenvalue weighted by Gasteiger charge is 2.36. The van der Waals surface area contributed by atoms with Crippen molar-refractivity contribution in [2.75, 3.05) is 17.2 Å². The van der Waals surface area contributed by atoms with E-state index in [2.05, 4.69) is 42.1 Å². The van der Waals surface area contributed by atoms with E-state index in [1.807, 2.05) is 62.4 Å². The van der Waals surface area contributed by atoms with Crippen LogP contribution in [0.5, 0.6) is 5.75 Å². The molecule has 1 aromatic heterocycles. The highest BCUT2D eigenvalue weighted by atomic mass is 79.9. The van der Waals surface area contributed by atoms with Gasteiger partial charge in [0.25, 0.3) is 5.91 Å². The van der Waals surface area contributed by atoms with Crippen molar-refractivity contribution in [2.45, 2.75) is 26.3 Å². The molecule has 0 saturated carbocycles. The van der Waals surface area contributed by atoms with Crippen molar-refractivity contribution in [2.24, 2.45) is 0 Å². The lowest BCUT2D eigenvalue weighted by atomic mass is 9.94. The van der Waals surface area contributed by atoms with Crippen molar-refractivity contribution in [1.82, 2.24) is 20.2 Å². The molecule has 0 radical (unpaired) electrons. The van der Waals surface area contributed by atoms with Gasteiger partial charge in [-0.1, -0.05) is 46.2 Å². The van der Waals surface area contributed by atoms with Crippen LogP contribution in [0.25, 0.3) is 0 Å². The standard InChI is InChI=1S/C21H21BrN6O2/c1-3-11-30-17-10-9-14(22)12-16(17)19-18(13(2)23-21-25-26-27-28(19)21)20(29)24-15-7-5-4-6-8-15/h4-10,12,19H,3,11H2,1-2H3,(H,24,29)(H,23,25,27)/t19-/m1/s1. The molecule has 9 heteroatoms. The summed E-state index contributed by atoms with van der Waals surface area (Å²) in [7, 11) is 0. The third-order valence-corrected chi connectivity index (χ3v) is 5.21. The van der Waals surface area contributed by atoms with Crippen LogP contribution >= 0.6 is 15.9 Å². The van der Waals surface area contributed by atoms with E-state index in [4.69, 9.17) is 4.74 Å². The van der Waals surface area contributed by atoms with Gasteiger partial charge >= 0.3 is 0 Å². The van der Waals surface area contributed by atoms with E-state index in [9.17, 15) is 4.79 Å². The second-order valence-electron chi connectivity index (χ2n) is 6.86. The number of nitrogens with zero attached hydrogens (tertiary/aromatic N) is 4. The lowest BCUT2D eigenvalue weighted by Gasteiger charge is -2.29. The van der Waals surface area contributed by atoms with Crippen LogP contribution in [0.2, 0.25) is 0 Å². The number of allylic oxidation sites excluding steroid dienone is 1. The van der Waals surface area contributed by atoms with E-state index < -0.39 is 6.04 Å². The van der Waals surface area contributed by atoms with Gasteiger partial charge in [0.15, 0.2) is 0 Å². The van der Waals surface area contributed by atoms with Crippen molar-refractivity contribution in [3.8, 4) is 5.75 Å². The average Bonchev–Trinajstić information content (AvgIpc) is 3.20. The Morgan fingerprint density at radius 3 is 2.83 bits per heavy atom. The van der Waals surface area contributed by atoms with Crippen molar-refractivity contribution in [3.63, 3.8) is 0 Å². The smallest absolute Gasteiger partial charge is 0.255 e. The van der Waals surface area contributed by atoms with Crippen LogP contribution in [0.3, 0.4) is 0 Å². The third kappa shape index (κ3) is 3.93. The SMILES string of the molecule is CCCOc1ccc(Br)cc1[C@@H]1C(C(=O)Nc2ccccc2)=C(C)Nc2nnnn21. The van der Waals surface area contributed by atoms with Crippen LogP contribution < -0.4 is 15.4 Å². The van der Waals surface area contributed by atoms with Crippen molar-refractivity contribution in [3.05, 3.63) is 69.8 Å². The van der Waals surface area contributed by atoms with Crippen molar-refractivity contribution in [1.29, 1.82) is 0 Å². The molecule has 4 rings (SSSR count). The second-order valence-corrected chi connectivity index (χ2v) is 7.78. The zero-order chi connectivity index (χ0) is 21.1. The molecule has 1 atom stereocenters. The van der Waals surface area contributed by atoms with E-state index in [0.29, 0.717) is 35.3 Å². The van der Waals surface area contributed by atoms with Crippen LogP contribution in [-0.4, -0.2) is 32.7 Å². The number of amides is 1. The van der Waals surface area contributed by atoms with Gasteiger partial charge in [-0.25, -0.2) is 0 Å². The van der Waals surface area contributed by atoms with Gasteiger partial charge in [0.1, 0.15) is 11.8 Å². The summed E-state index contributed by atoms with van der Waals surface area (Å²) in [5.74, 6) is 0.917. The number of benzene rings is 2. The number of aromatic nitrogens is 4. The number of carbonyl (C=O) groups excluding carboxylic acids is 1. The zero-order valence-corrected chi connectivity index (χ0v) is 18.2. The average molecular weight is 469 g/mol. The van der Waals surface area contributed by atoms with Crippen LogP contribution in [0.15, 0.2) is 64.3 Å². The fourth-order valence-corrected chi connectivity index (χ4v) is 3.77. The number of para-hydroxylation sites is 1. The fraction of sp³-hybridized carbons (Fsp3) is 0.238. The Kier molecular flexibility index (Phi) is 5.80. The predicted octanol–water partition coefficient (Wildman–Crippen LogP) is 4.15. The molecule has 0 bridgehead atoms. The van der Waals surface area contributed by atoms with E-state index >= 15 is 0 Å². The van der Waals surface area contributed by atoms with Crippen LogP contribution in [0.4, 0.5) is 11.6 Å². The second kappa shape index (κ2) is 8.66. The molecule has 3 aromatic rings. The summed E-state index contributed by atoms with van der Waals surface area (Å²) in [5, 5.41) is 18.1. The predicted molar refractivity (Wildman–Crippen MR) is 117 cm³/mol. The number of tetrazole rings is 1. The molecule has 30 heavy (non-hydrogen) atoms. The maximum Gasteiger partial charge on any atom is 0.255 e. The van der Waals surface area contributed by atoms with Crippen LogP contribution in [0, 0.1) is 0 Å². The molecule has 0 fully saturated rings. The summed E-state index contributed by atoms with van der Waals surface area (Å²) in [4.78, 5) is 13.4. The molecule has 8 nitrogen and oxygen atoms in total. The van der Waals surface area contributed by atoms with Crippen molar-refractivity contribution >= 4 is 33.5 Å². The molecule has 154 valence electrons. The number of hydrogen-bond donors (Lipinski definition) is 2. The first-order valence-corrected chi connectivity index (χ1v) is 10.4. The van der Waals surface area contributed by atoms with E-state index in [0.717, 1.165) is 16.5 Å². The Balaban J connectivity index is 1.81. The molecule has 1 aliphatic heterocycles. The molecular weight excluding hydrogens is 448 g/mol. The number of carbonyl (C=O) groups is 1. The molecular formula is C21H21BrN6O2. The van der Waals surface area contributed by atoms with Gasteiger partial charge in [-0.15, -0.1) is 0 Å². The molecule has 2 N–H and O–H groups in total. The Morgan fingerprint density at radius 1 is 1.27 bits per heavy atom. The Hall–Kier alpha value is -3.20. The lowest BCUT2D eigenvalue weighted by molar-refractivity contribution is -0.113. The number of halogens is 1. The summed E-state index contributed by atoms with van der Waals surface area (Å²) in [5.41, 5.74) is 2.70. The Morgan fingerprint density at radius 2 is 2.07 bits per heavy atom. The van der Waals surface area contributed by atoms with Gasteiger partial charge < -0.3 is 15.4 Å². The summed E-state index contributed by atoms with van der Waals surface area (Å²) >= 11 is 3.54. The minimum absolute atomic E-state index is 0.237. The van der Waals surface area contributed by atoms with Crippen molar-refractivity contribution < 1.29 is 9.53 Å². The first kappa shape index (κ1) is 20.1. The van der Waals surface area contributed by atoms with Crippen LogP contribution in [-0.2, 0) is 4.79 Å². The largest absolute Gasteiger partial charge is 0.493 e. The summed E-state index contributed by atoms with van der Waals surface area (Å²) < 4.78 is 8.47. The third-order valence-electron chi connectivity index (χ3n) is 4.72. The number of anilines is 2. The number of rotatable bonds is 6. The molecule has 0 saturated heterocycles. The number of hydrogen-bond acceptors (Lipinski definition) is 6. The number of ether oxygens (including phenoxy) is 1. The van der Waals surface area contributed by atoms with Gasteiger partial charge in [-0.3, -0.25) is 4.79 Å². The quantitative estimate of drug-likeness (QED) is 0.564. The number of nitrogens with one attached hydrogen (secondary N) is 2. The Bertz CT molecular complexity index is 1100. The summed E-state index contributed by atoms with van der Waals surface area (Å²) in [6.45, 7) is 4.46. The number of fused-ring (bicyclic) bond motifs is 1. The minimum Gasteiger partial charge on any atom is -0.493 e. The van der Waals surface area contributed by atoms with Gasteiger partial charge in [-0.2, -0.15) is 4.68 Å². The summed E-state index contributed by atoms with van der Waals surface area (Å²) in [6, 6.07) is 14.5. The minimum atomic E-state index is -0.552. The first-order valence-electron chi connectivity index (χ1n) is 9.62. The summed E-state index contributed by atoms with van der Waals surface area (Å²) in [6.07, 6.45) is 0.869. The topological polar surface area (TPSA) is 94.0 Å². The molecule has 0 spiro atoms. The zero-order valence-electron chi connectivity index (χ0n) is 16.6. The van der Waals surface area contributed by atoms with Gasteiger partial charge in [0.2, 0.25) is 5.95 Å². The first-order chi connectivity index (χ1) is 14.6. The monoisotopic (exact) mass is 468 g/mol. The fourth-order valence-electron chi connectivity index (χ4n) is 3.39. The van der Waals surface area contributed by atoms with E-state index in [1.54, 1.807) is 4.68 Å². The van der Waals surface area contributed by atoms with Gasteiger partial charge in [-0.05, 0) is 54.1 Å². The Labute approximate surface area is 182 Å². The molecule has 1 amide bonds. The van der Waals surface area contributed by atoms with Gasteiger partial charge in [0.05, 0.1) is 12.2 Å². The lowest BCUT2D eigenvalue weighted by Crippen LogP contribution is -2.31. The maximum atomic E-state index is 13.4. The molecule has 0 unspecified atom stereocenters. The van der Waals surface area contributed by atoms with Crippen LogP contribution in [0.1, 0.15) is 31.9 Å². The normalized spacial score (nSPS) is 15.4. The van der Waals surface area contributed by atoms with E-state index in [1.165, 1.54) is 0 Å².